The fraction of sp³-hybridized carbons (Fsp3) is 0.158. The first-order valence-electron chi connectivity index (χ1n) is 7.59. The molecule has 3 heteroatoms. The highest BCUT2D eigenvalue weighted by Crippen LogP contribution is 2.55. The average Bonchev–Trinajstić information content (AvgIpc) is 3.32. The van der Waals surface area contributed by atoms with Gasteiger partial charge in [-0.3, -0.25) is 10.1 Å². The second-order valence-electron chi connectivity index (χ2n) is 6.17. The van der Waals surface area contributed by atoms with Crippen molar-refractivity contribution in [2.75, 3.05) is 0 Å². The molecule has 0 atom stereocenters. The van der Waals surface area contributed by atoms with Crippen molar-refractivity contribution < 1.29 is 4.92 Å². The van der Waals surface area contributed by atoms with E-state index in [4.69, 9.17) is 0 Å². The minimum Gasteiger partial charge on any atom is -0.258 e. The van der Waals surface area contributed by atoms with Crippen molar-refractivity contribution >= 4 is 16.5 Å². The van der Waals surface area contributed by atoms with E-state index in [9.17, 15) is 10.1 Å². The Morgan fingerprint density at radius 2 is 1.64 bits per heavy atom. The molecule has 1 saturated carbocycles. The molecule has 1 fully saturated rings. The molecule has 0 aromatic heterocycles. The summed E-state index contributed by atoms with van der Waals surface area (Å²) in [5.41, 5.74) is 5.19. The first kappa shape index (κ1) is 11.9. The van der Waals surface area contributed by atoms with E-state index >= 15 is 0 Å². The Hall–Kier alpha value is -2.68. The summed E-state index contributed by atoms with van der Waals surface area (Å²) >= 11 is 0. The van der Waals surface area contributed by atoms with Gasteiger partial charge in [-0.05, 0) is 46.2 Å². The van der Waals surface area contributed by atoms with Crippen LogP contribution >= 0.6 is 0 Å². The zero-order valence-electron chi connectivity index (χ0n) is 11.9. The Labute approximate surface area is 127 Å². The molecule has 2 aliphatic rings. The Bertz CT molecular complexity index is 965. The standard InChI is InChI=1S/C19H13NO2/c21-20(22)19-13(11-7-8-11)9-10-15-14-5-1-3-12-4-2-6-16(17(12)14)18(15)19/h1-6,9-11H,7-8H2. The third kappa shape index (κ3) is 1.40. The molecule has 0 N–H and O–H groups in total. The average molecular weight is 287 g/mol. The molecule has 3 aromatic rings. The van der Waals surface area contributed by atoms with Crippen LogP contribution in [0.4, 0.5) is 5.69 Å². The molecule has 0 unspecified atom stereocenters. The number of hydrogen-bond donors (Lipinski definition) is 0. The molecular weight excluding hydrogens is 274 g/mol. The van der Waals surface area contributed by atoms with E-state index in [-0.39, 0.29) is 4.92 Å². The van der Waals surface area contributed by atoms with E-state index in [1.807, 2.05) is 24.3 Å². The molecule has 0 saturated heterocycles. The van der Waals surface area contributed by atoms with Gasteiger partial charge in [-0.1, -0.05) is 48.5 Å². The van der Waals surface area contributed by atoms with Crippen LogP contribution in [0, 0.1) is 10.1 Å². The van der Waals surface area contributed by atoms with E-state index in [1.165, 1.54) is 0 Å². The van der Waals surface area contributed by atoms with E-state index in [1.54, 1.807) is 0 Å². The lowest BCUT2D eigenvalue weighted by Gasteiger charge is -2.08. The topological polar surface area (TPSA) is 43.1 Å². The molecule has 0 aliphatic heterocycles. The first-order chi connectivity index (χ1) is 10.8. The van der Waals surface area contributed by atoms with E-state index in [2.05, 4.69) is 24.3 Å². The number of benzene rings is 3. The van der Waals surface area contributed by atoms with Gasteiger partial charge in [0.2, 0.25) is 0 Å². The van der Waals surface area contributed by atoms with Crippen LogP contribution in [0.1, 0.15) is 24.3 Å². The fourth-order valence-electron chi connectivity index (χ4n) is 3.80. The summed E-state index contributed by atoms with van der Waals surface area (Å²) in [5, 5.41) is 14.1. The maximum absolute atomic E-state index is 11.8. The van der Waals surface area contributed by atoms with Gasteiger partial charge in [-0.2, -0.15) is 0 Å². The van der Waals surface area contributed by atoms with Crippen LogP contribution in [-0.4, -0.2) is 4.92 Å². The van der Waals surface area contributed by atoms with Crippen molar-refractivity contribution in [3.05, 3.63) is 64.2 Å². The van der Waals surface area contributed by atoms with Crippen molar-refractivity contribution in [3.63, 3.8) is 0 Å². The largest absolute Gasteiger partial charge is 0.281 e. The number of nitrogens with zero attached hydrogens (tertiary/aromatic N) is 1. The summed E-state index contributed by atoms with van der Waals surface area (Å²) in [7, 11) is 0. The first-order valence-corrected chi connectivity index (χ1v) is 7.59. The van der Waals surface area contributed by atoms with Gasteiger partial charge in [-0.25, -0.2) is 0 Å². The molecule has 3 aromatic carbocycles. The lowest BCUT2D eigenvalue weighted by molar-refractivity contribution is -0.384. The highest BCUT2D eigenvalue weighted by atomic mass is 16.6. The lowest BCUT2D eigenvalue weighted by Crippen LogP contribution is -1.97. The van der Waals surface area contributed by atoms with Crippen molar-refractivity contribution in [2.45, 2.75) is 18.8 Å². The third-order valence-corrected chi connectivity index (χ3v) is 4.87. The summed E-state index contributed by atoms with van der Waals surface area (Å²) in [6.07, 6.45) is 2.13. The van der Waals surface area contributed by atoms with Gasteiger partial charge in [-0.15, -0.1) is 0 Å². The second-order valence-corrected chi connectivity index (χ2v) is 6.17. The van der Waals surface area contributed by atoms with Crippen molar-refractivity contribution in [3.8, 4) is 22.3 Å². The highest BCUT2D eigenvalue weighted by Gasteiger charge is 2.36. The minimum atomic E-state index is -0.183. The van der Waals surface area contributed by atoms with Crippen molar-refractivity contribution in [2.24, 2.45) is 0 Å². The molecule has 3 nitrogen and oxygen atoms in total. The smallest absolute Gasteiger partial charge is 0.258 e. The van der Waals surface area contributed by atoms with E-state index < -0.39 is 0 Å². The SMILES string of the molecule is O=[N+]([O-])c1c(C2CC2)ccc2c1-c1cccc3cccc-2c13. The Morgan fingerprint density at radius 3 is 2.32 bits per heavy atom. The maximum atomic E-state index is 11.8. The van der Waals surface area contributed by atoms with Gasteiger partial charge < -0.3 is 0 Å². The van der Waals surface area contributed by atoms with Crippen LogP contribution in [0.5, 0.6) is 0 Å². The number of fused-ring (bicyclic) bond motifs is 3. The Balaban J connectivity index is 1.95. The summed E-state index contributed by atoms with van der Waals surface area (Å²) in [6.45, 7) is 0. The monoisotopic (exact) mass is 287 g/mol. The molecule has 0 amide bonds. The van der Waals surface area contributed by atoms with Gasteiger partial charge in [0.15, 0.2) is 0 Å². The molecule has 0 spiro atoms. The normalized spacial score (nSPS) is 15.1. The third-order valence-electron chi connectivity index (χ3n) is 4.87. The summed E-state index contributed by atoms with van der Waals surface area (Å²) in [4.78, 5) is 11.6. The van der Waals surface area contributed by atoms with Gasteiger partial charge in [0.05, 0.1) is 10.5 Å². The molecule has 2 aliphatic carbocycles. The molecule has 0 heterocycles. The Kier molecular flexibility index (Phi) is 2.14. The Morgan fingerprint density at radius 1 is 0.909 bits per heavy atom. The van der Waals surface area contributed by atoms with Gasteiger partial charge in [0.25, 0.3) is 5.69 Å². The van der Waals surface area contributed by atoms with Gasteiger partial charge >= 0.3 is 0 Å². The van der Waals surface area contributed by atoms with Crippen LogP contribution in [0.15, 0.2) is 48.5 Å². The van der Waals surface area contributed by atoms with Crippen LogP contribution in [0.2, 0.25) is 0 Å². The predicted molar refractivity (Wildman–Crippen MR) is 87.0 cm³/mol. The molecule has 106 valence electrons. The molecule has 0 bridgehead atoms. The highest BCUT2D eigenvalue weighted by molar-refractivity contribution is 6.17. The molecule has 22 heavy (non-hydrogen) atoms. The zero-order chi connectivity index (χ0) is 14.8. The summed E-state index contributed by atoms with van der Waals surface area (Å²) < 4.78 is 0. The fourth-order valence-corrected chi connectivity index (χ4v) is 3.80. The molecule has 0 radical (unpaired) electrons. The van der Waals surface area contributed by atoms with Gasteiger partial charge in [0.1, 0.15) is 0 Å². The summed E-state index contributed by atoms with van der Waals surface area (Å²) in [5.74, 6) is 0.369. The van der Waals surface area contributed by atoms with Crippen LogP contribution in [0.3, 0.4) is 0 Å². The molecule has 5 rings (SSSR count). The van der Waals surface area contributed by atoms with Crippen LogP contribution in [0.25, 0.3) is 33.0 Å². The lowest BCUT2D eigenvalue weighted by atomic mass is 9.96. The van der Waals surface area contributed by atoms with Crippen LogP contribution < -0.4 is 0 Å². The van der Waals surface area contributed by atoms with Gasteiger partial charge in [0, 0.05) is 5.56 Å². The van der Waals surface area contributed by atoms with E-state index in [0.717, 1.165) is 51.4 Å². The van der Waals surface area contributed by atoms with Crippen LogP contribution in [-0.2, 0) is 0 Å². The number of hydrogen-bond acceptors (Lipinski definition) is 2. The molecular formula is C19H13NO2. The number of rotatable bonds is 2. The quantitative estimate of drug-likeness (QED) is 0.372. The van der Waals surface area contributed by atoms with Crippen molar-refractivity contribution in [1.29, 1.82) is 0 Å². The number of nitro benzene ring substituents is 1. The summed E-state index contributed by atoms with van der Waals surface area (Å²) in [6, 6.07) is 16.3. The zero-order valence-corrected chi connectivity index (χ0v) is 11.9. The second kappa shape index (κ2) is 3.95. The maximum Gasteiger partial charge on any atom is 0.281 e. The van der Waals surface area contributed by atoms with Crippen molar-refractivity contribution in [1.82, 2.24) is 0 Å². The minimum absolute atomic E-state index is 0.183. The predicted octanol–water partition coefficient (Wildman–Crippen LogP) is 5.27. The number of nitro groups is 1. The van der Waals surface area contributed by atoms with E-state index in [0.29, 0.717) is 11.6 Å².